The summed E-state index contributed by atoms with van der Waals surface area (Å²) in [7, 11) is 2.27. The Kier molecular flexibility index (Phi) is 2.12. The van der Waals surface area contributed by atoms with Crippen molar-refractivity contribution >= 4 is 11.8 Å². The molecule has 64 valence electrons. The minimum Gasteiger partial charge on any atom is -0.315 e. The molecule has 0 aromatic carbocycles. The van der Waals surface area contributed by atoms with Gasteiger partial charge in [0.15, 0.2) is 0 Å². The molecule has 2 saturated heterocycles. The van der Waals surface area contributed by atoms with Gasteiger partial charge in [-0.05, 0) is 20.0 Å². The standard InChI is InChI=1S/C8H16N2S/c1-10-4-5-11-7-8(10)2-3-9-6-8/h9H,2-7H2,1H3. The lowest BCUT2D eigenvalue weighted by atomic mass is 9.99. The Balaban J connectivity index is 2.07. The molecule has 2 heterocycles. The molecule has 2 nitrogen and oxygen atoms in total. The van der Waals surface area contributed by atoms with Gasteiger partial charge in [-0.25, -0.2) is 0 Å². The van der Waals surface area contributed by atoms with Crippen LogP contribution in [0.2, 0.25) is 0 Å². The lowest BCUT2D eigenvalue weighted by molar-refractivity contribution is 0.165. The summed E-state index contributed by atoms with van der Waals surface area (Å²) in [6.45, 7) is 3.69. The summed E-state index contributed by atoms with van der Waals surface area (Å²) < 4.78 is 0. The molecule has 0 saturated carbocycles. The predicted molar refractivity (Wildman–Crippen MR) is 50.2 cm³/mol. The fourth-order valence-corrected chi connectivity index (χ4v) is 3.38. The maximum Gasteiger partial charge on any atom is 0.0433 e. The quantitative estimate of drug-likeness (QED) is 0.569. The van der Waals surface area contributed by atoms with Crippen LogP contribution in [0.1, 0.15) is 6.42 Å². The second kappa shape index (κ2) is 2.96. The Morgan fingerprint density at radius 3 is 3.09 bits per heavy atom. The zero-order chi connectivity index (χ0) is 7.73. The van der Waals surface area contributed by atoms with E-state index in [-0.39, 0.29) is 0 Å². The van der Waals surface area contributed by atoms with Crippen molar-refractivity contribution in [1.29, 1.82) is 0 Å². The Morgan fingerprint density at radius 2 is 2.45 bits per heavy atom. The van der Waals surface area contributed by atoms with Crippen LogP contribution in [0.25, 0.3) is 0 Å². The molecule has 3 heteroatoms. The molecule has 0 aromatic rings. The fourth-order valence-electron chi connectivity index (χ4n) is 1.99. The maximum atomic E-state index is 3.46. The van der Waals surface area contributed by atoms with Crippen LogP contribution in [0.3, 0.4) is 0 Å². The van der Waals surface area contributed by atoms with Crippen molar-refractivity contribution in [2.24, 2.45) is 0 Å². The summed E-state index contributed by atoms with van der Waals surface area (Å²) in [6, 6.07) is 0. The Bertz CT molecular complexity index is 143. The molecule has 2 rings (SSSR count). The van der Waals surface area contributed by atoms with Gasteiger partial charge in [0.25, 0.3) is 0 Å². The molecular weight excluding hydrogens is 156 g/mol. The smallest absolute Gasteiger partial charge is 0.0433 e. The van der Waals surface area contributed by atoms with Crippen LogP contribution in [-0.4, -0.2) is 48.6 Å². The van der Waals surface area contributed by atoms with E-state index in [4.69, 9.17) is 0 Å². The number of hydrogen-bond donors (Lipinski definition) is 1. The van der Waals surface area contributed by atoms with Crippen LogP contribution >= 0.6 is 11.8 Å². The summed E-state index contributed by atoms with van der Waals surface area (Å²) in [5.41, 5.74) is 0.517. The molecule has 0 amide bonds. The average Bonchev–Trinajstić information content (AvgIpc) is 2.46. The van der Waals surface area contributed by atoms with Gasteiger partial charge in [-0.15, -0.1) is 0 Å². The lowest BCUT2D eigenvalue weighted by Crippen LogP contribution is -2.53. The topological polar surface area (TPSA) is 15.3 Å². The monoisotopic (exact) mass is 172 g/mol. The van der Waals surface area contributed by atoms with Crippen molar-refractivity contribution in [3.05, 3.63) is 0 Å². The average molecular weight is 172 g/mol. The molecule has 1 unspecified atom stereocenters. The second-order valence-electron chi connectivity index (χ2n) is 3.63. The van der Waals surface area contributed by atoms with Crippen molar-refractivity contribution < 1.29 is 0 Å². The fraction of sp³-hybridized carbons (Fsp3) is 1.00. The summed E-state index contributed by atoms with van der Waals surface area (Å²) in [4.78, 5) is 2.55. The summed E-state index contributed by atoms with van der Waals surface area (Å²) in [5.74, 6) is 2.65. The van der Waals surface area contributed by atoms with Crippen LogP contribution in [0.15, 0.2) is 0 Å². The van der Waals surface area contributed by atoms with Crippen molar-refractivity contribution in [3.63, 3.8) is 0 Å². The molecule has 1 atom stereocenters. The third kappa shape index (κ3) is 1.30. The van der Waals surface area contributed by atoms with E-state index in [9.17, 15) is 0 Å². The summed E-state index contributed by atoms with van der Waals surface area (Å²) in [5, 5.41) is 3.46. The summed E-state index contributed by atoms with van der Waals surface area (Å²) >= 11 is 2.11. The SMILES string of the molecule is CN1CCSCC12CCNC2. The largest absolute Gasteiger partial charge is 0.315 e. The van der Waals surface area contributed by atoms with Crippen molar-refractivity contribution in [2.75, 3.05) is 38.2 Å². The van der Waals surface area contributed by atoms with E-state index in [0.717, 1.165) is 0 Å². The van der Waals surface area contributed by atoms with Gasteiger partial charge < -0.3 is 5.32 Å². The predicted octanol–water partition coefficient (Wildman–Crippen LogP) is 0.397. The number of hydrogen-bond acceptors (Lipinski definition) is 3. The summed E-state index contributed by atoms with van der Waals surface area (Å²) in [6.07, 6.45) is 1.34. The molecule has 2 fully saturated rings. The number of thioether (sulfide) groups is 1. The van der Waals surface area contributed by atoms with Gasteiger partial charge in [-0.2, -0.15) is 11.8 Å². The van der Waals surface area contributed by atoms with Crippen molar-refractivity contribution in [2.45, 2.75) is 12.0 Å². The highest BCUT2D eigenvalue weighted by Crippen LogP contribution is 2.30. The van der Waals surface area contributed by atoms with Gasteiger partial charge in [0.2, 0.25) is 0 Å². The third-order valence-electron chi connectivity index (χ3n) is 2.97. The van der Waals surface area contributed by atoms with Crippen LogP contribution in [0, 0.1) is 0 Å². The molecule has 2 aliphatic heterocycles. The van der Waals surface area contributed by atoms with Gasteiger partial charge in [-0.3, -0.25) is 4.90 Å². The van der Waals surface area contributed by atoms with Crippen LogP contribution in [0.5, 0.6) is 0 Å². The Labute approximate surface area is 72.7 Å². The number of likely N-dealkylation sites (N-methyl/N-ethyl adjacent to an activating group) is 1. The highest BCUT2D eigenvalue weighted by atomic mass is 32.2. The molecule has 0 bridgehead atoms. The lowest BCUT2D eigenvalue weighted by Gasteiger charge is -2.41. The Hall–Kier alpha value is 0.270. The van der Waals surface area contributed by atoms with E-state index in [0.29, 0.717) is 5.54 Å². The van der Waals surface area contributed by atoms with E-state index >= 15 is 0 Å². The molecule has 0 aliphatic carbocycles. The van der Waals surface area contributed by atoms with Gasteiger partial charge in [0.1, 0.15) is 0 Å². The van der Waals surface area contributed by atoms with E-state index < -0.39 is 0 Å². The van der Waals surface area contributed by atoms with Crippen molar-refractivity contribution in [1.82, 2.24) is 10.2 Å². The molecule has 11 heavy (non-hydrogen) atoms. The zero-order valence-electron chi connectivity index (χ0n) is 7.10. The first-order valence-corrected chi connectivity index (χ1v) is 5.49. The maximum absolute atomic E-state index is 3.46. The second-order valence-corrected chi connectivity index (χ2v) is 4.73. The van der Waals surface area contributed by atoms with Gasteiger partial charge >= 0.3 is 0 Å². The first-order chi connectivity index (χ1) is 5.33. The van der Waals surface area contributed by atoms with Gasteiger partial charge in [0, 0.05) is 30.1 Å². The van der Waals surface area contributed by atoms with Gasteiger partial charge in [0.05, 0.1) is 0 Å². The Morgan fingerprint density at radius 1 is 1.55 bits per heavy atom. The third-order valence-corrected chi connectivity index (χ3v) is 4.19. The van der Waals surface area contributed by atoms with Crippen LogP contribution in [-0.2, 0) is 0 Å². The van der Waals surface area contributed by atoms with E-state index in [2.05, 4.69) is 29.0 Å². The van der Waals surface area contributed by atoms with E-state index in [1.54, 1.807) is 0 Å². The van der Waals surface area contributed by atoms with E-state index in [1.807, 2.05) is 0 Å². The zero-order valence-corrected chi connectivity index (χ0v) is 7.91. The normalized spacial score (nSPS) is 40.1. The molecule has 2 aliphatic rings. The first kappa shape index (κ1) is 7.90. The number of nitrogens with one attached hydrogen (secondary N) is 1. The first-order valence-electron chi connectivity index (χ1n) is 4.33. The molecule has 1 spiro atoms. The molecule has 0 aromatic heterocycles. The molecule has 1 N–H and O–H groups in total. The molecule has 0 radical (unpaired) electrons. The highest BCUT2D eigenvalue weighted by molar-refractivity contribution is 7.99. The minimum absolute atomic E-state index is 0.517. The van der Waals surface area contributed by atoms with Crippen LogP contribution < -0.4 is 5.32 Å². The van der Waals surface area contributed by atoms with Gasteiger partial charge in [-0.1, -0.05) is 0 Å². The van der Waals surface area contributed by atoms with E-state index in [1.165, 1.54) is 37.6 Å². The minimum atomic E-state index is 0.517. The molecular formula is C8H16N2S. The number of nitrogens with zero attached hydrogens (tertiary/aromatic N) is 1. The van der Waals surface area contributed by atoms with Crippen molar-refractivity contribution in [3.8, 4) is 0 Å². The highest BCUT2D eigenvalue weighted by Gasteiger charge is 2.39. The van der Waals surface area contributed by atoms with Crippen LogP contribution in [0.4, 0.5) is 0 Å². The number of rotatable bonds is 0.